The molecule has 0 amide bonds. The van der Waals surface area contributed by atoms with Crippen LogP contribution in [0.4, 0.5) is 13.2 Å². The Morgan fingerprint density at radius 1 is 1.00 bits per heavy atom. The lowest BCUT2D eigenvalue weighted by Crippen LogP contribution is -2.30. The maximum atomic E-state index is 14.0. The van der Waals surface area contributed by atoms with Crippen molar-refractivity contribution in [3.8, 4) is 5.69 Å². The molecule has 0 fully saturated rings. The third kappa shape index (κ3) is 2.11. The predicted octanol–water partition coefficient (Wildman–Crippen LogP) is 2.40. The highest BCUT2D eigenvalue weighted by Crippen LogP contribution is 2.21. The Labute approximate surface area is 121 Å². The second kappa shape index (κ2) is 4.87. The van der Waals surface area contributed by atoms with E-state index in [1.54, 1.807) is 0 Å². The van der Waals surface area contributed by atoms with Crippen LogP contribution in [0.1, 0.15) is 5.56 Å². The molecule has 4 nitrogen and oxygen atoms in total. The maximum absolute atomic E-state index is 14.0. The Bertz CT molecular complexity index is 1020. The molecule has 0 unspecified atom stereocenters. The molecule has 22 heavy (non-hydrogen) atoms. The molecule has 0 atom stereocenters. The van der Waals surface area contributed by atoms with Gasteiger partial charge in [0.25, 0.3) is 5.56 Å². The molecule has 0 bridgehead atoms. The summed E-state index contributed by atoms with van der Waals surface area (Å²) >= 11 is 0. The van der Waals surface area contributed by atoms with Crippen molar-refractivity contribution in [2.45, 2.75) is 6.92 Å². The van der Waals surface area contributed by atoms with Crippen molar-refractivity contribution in [2.75, 3.05) is 0 Å². The first kappa shape index (κ1) is 14.1. The van der Waals surface area contributed by atoms with Crippen molar-refractivity contribution in [3.05, 3.63) is 74.2 Å². The zero-order chi connectivity index (χ0) is 16.0. The lowest BCUT2D eigenvalue weighted by Gasteiger charge is -2.12. The molecule has 7 heteroatoms. The monoisotopic (exact) mass is 306 g/mol. The number of nitrogens with one attached hydrogen (secondary N) is 1. The third-order valence-electron chi connectivity index (χ3n) is 3.31. The first-order valence-corrected chi connectivity index (χ1v) is 6.29. The summed E-state index contributed by atoms with van der Waals surface area (Å²) in [6.45, 7) is 1.49. The Morgan fingerprint density at radius 3 is 2.41 bits per heavy atom. The summed E-state index contributed by atoms with van der Waals surface area (Å²) in [7, 11) is 0. The number of rotatable bonds is 1. The molecular formula is C15H9F3N2O2. The zero-order valence-electron chi connectivity index (χ0n) is 11.3. The fraction of sp³-hybridized carbons (Fsp3) is 0.0667. The van der Waals surface area contributed by atoms with E-state index < -0.39 is 28.7 Å². The van der Waals surface area contributed by atoms with Crippen LogP contribution in [0.2, 0.25) is 0 Å². The molecule has 0 saturated carbocycles. The van der Waals surface area contributed by atoms with Gasteiger partial charge in [-0.05, 0) is 36.8 Å². The number of fused-ring (bicyclic) bond motifs is 1. The van der Waals surface area contributed by atoms with Crippen molar-refractivity contribution in [1.82, 2.24) is 9.55 Å². The largest absolute Gasteiger partial charge is 0.333 e. The van der Waals surface area contributed by atoms with Gasteiger partial charge in [-0.1, -0.05) is 0 Å². The van der Waals surface area contributed by atoms with Crippen molar-refractivity contribution in [3.63, 3.8) is 0 Å². The number of halogens is 3. The normalized spacial score (nSPS) is 11.1. The number of aromatic nitrogens is 2. The van der Waals surface area contributed by atoms with Gasteiger partial charge in [0.2, 0.25) is 0 Å². The SMILES string of the molecule is Cc1cc(F)cc2c(=O)[nH]c(=O)n(-c3ccc(F)cc3F)c12. The molecule has 112 valence electrons. The summed E-state index contributed by atoms with van der Waals surface area (Å²) in [5.74, 6) is -2.43. The van der Waals surface area contributed by atoms with Crippen molar-refractivity contribution < 1.29 is 13.2 Å². The lowest BCUT2D eigenvalue weighted by molar-refractivity contribution is 0.577. The van der Waals surface area contributed by atoms with Crippen LogP contribution in [0, 0.1) is 24.4 Å². The van der Waals surface area contributed by atoms with E-state index >= 15 is 0 Å². The number of aromatic amines is 1. The van der Waals surface area contributed by atoms with Crippen molar-refractivity contribution in [2.24, 2.45) is 0 Å². The molecule has 3 aromatic rings. The van der Waals surface area contributed by atoms with Gasteiger partial charge >= 0.3 is 5.69 Å². The molecule has 0 aliphatic heterocycles. The van der Waals surface area contributed by atoms with Gasteiger partial charge in [0.15, 0.2) is 0 Å². The van der Waals surface area contributed by atoms with Gasteiger partial charge in [-0.3, -0.25) is 14.3 Å². The molecule has 0 radical (unpaired) electrons. The van der Waals surface area contributed by atoms with Crippen LogP contribution in [-0.4, -0.2) is 9.55 Å². The van der Waals surface area contributed by atoms with Gasteiger partial charge in [0.1, 0.15) is 17.5 Å². The summed E-state index contributed by atoms with van der Waals surface area (Å²) in [4.78, 5) is 25.9. The summed E-state index contributed by atoms with van der Waals surface area (Å²) in [5, 5.41) is -0.0965. The Morgan fingerprint density at radius 2 is 1.73 bits per heavy atom. The molecular weight excluding hydrogens is 297 g/mol. The molecule has 0 spiro atoms. The predicted molar refractivity (Wildman–Crippen MR) is 74.8 cm³/mol. The molecule has 0 saturated heterocycles. The Balaban J connectivity index is 2.54. The molecule has 1 aromatic heterocycles. The van der Waals surface area contributed by atoms with Crippen LogP contribution in [0.15, 0.2) is 39.9 Å². The first-order valence-electron chi connectivity index (χ1n) is 6.29. The van der Waals surface area contributed by atoms with E-state index in [0.29, 0.717) is 6.07 Å². The van der Waals surface area contributed by atoms with Crippen molar-refractivity contribution >= 4 is 10.9 Å². The highest BCUT2D eigenvalue weighted by Gasteiger charge is 2.16. The van der Waals surface area contributed by atoms with Crippen LogP contribution in [0.3, 0.4) is 0 Å². The van der Waals surface area contributed by atoms with Gasteiger partial charge in [-0.25, -0.2) is 18.0 Å². The number of nitrogens with zero attached hydrogens (tertiary/aromatic N) is 1. The number of hydrogen-bond donors (Lipinski definition) is 1. The van der Waals surface area contributed by atoms with E-state index in [2.05, 4.69) is 0 Å². The second-order valence-electron chi connectivity index (χ2n) is 4.81. The van der Waals surface area contributed by atoms with Crippen molar-refractivity contribution in [1.29, 1.82) is 0 Å². The van der Waals surface area contributed by atoms with Gasteiger partial charge < -0.3 is 0 Å². The third-order valence-corrected chi connectivity index (χ3v) is 3.31. The quantitative estimate of drug-likeness (QED) is 0.750. The Hall–Kier alpha value is -2.83. The van der Waals surface area contributed by atoms with E-state index in [-0.39, 0.29) is 22.2 Å². The summed E-state index contributed by atoms with van der Waals surface area (Å²) in [5.41, 5.74) is -1.55. The highest BCUT2D eigenvalue weighted by atomic mass is 19.1. The van der Waals surface area contributed by atoms with Crippen LogP contribution in [0.25, 0.3) is 16.6 Å². The standard InChI is InChI=1S/C15H9F3N2O2/c1-7-4-9(17)5-10-13(7)20(15(22)19-14(10)21)12-3-2-8(16)6-11(12)18/h2-6H,1H3,(H,19,21,22). The maximum Gasteiger partial charge on any atom is 0.333 e. The topological polar surface area (TPSA) is 54.9 Å². The van der Waals surface area contributed by atoms with Gasteiger partial charge in [0.05, 0.1) is 16.6 Å². The molecule has 2 aromatic carbocycles. The highest BCUT2D eigenvalue weighted by molar-refractivity contribution is 5.82. The van der Waals surface area contributed by atoms with Crippen LogP contribution in [0.5, 0.6) is 0 Å². The zero-order valence-corrected chi connectivity index (χ0v) is 11.3. The minimum Gasteiger partial charge on any atom is -0.273 e. The molecule has 1 N–H and O–H groups in total. The summed E-state index contributed by atoms with van der Waals surface area (Å²) in [6, 6.07) is 4.77. The first-order chi connectivity index (χ1) is 10.4. The fourth-order valence-corrected chi connectivity index (χ4v) is 2.42. The minimum atomic E-state index is -0.973. The molecule has 1 heterocycles. The molecule has 0 aliphatic carbocycles. The van der Waals surface area contributed by atoms with Crippen LogP contribution in [-0.2, 0) is 0 Å². The number of H-pyrrole nitrogens is 1. The number of benzene rings is 2. The van der Waals surface area contributed by atoms with E-state index in [4.69, 9.17) is 0 Å². The average Bonchev–Trinajstić information content (AvgIpc) is 2.41. The van der Waals surface area contributed by atoms with Gasteiger partial charge in [-0.2, -0.15) is 0 Å². The molecule has 0 aliphatic rings. The summed E-state index contributed by atoms with van der Waals surface area (Å²) < 4.78 is 41.4. The van der Waals surface area contributed by atoms with E-state index in [1.165, 1.54) is 6.92 Å². The van der Waals surface area contributed by atoms with E-state index in [1.807, 2.05) is 4.98 Å². The van der Waals surface area contributed by atoms with Gasteiger partial charge in [0, 0.05) is 6.07 Å². The summed E-state index contributed by atoms with van der Waals surface area (Å²) in [6.07, 6.45) is 0. The van der Waals surface area contributed by atoms with Gasteiger partial charge in [-0.15, -0.1) is 0 Å². The average molecular weight is 306 g/mol. The number of aryl methyl sites for hydroxylation is 1. The van der Waals surface area contributed by atoms with Crippen LogP contribution < -0.4 is 11.2 Å². The molecule has 3 rings (SSSR count). The Kier molecular flexibility index (Phi) is 3.13. The smallest absolute Gasteiger partial charge is 0.273 e. The fourth-order valence-electron chi connectivity index (χ4n) is 2.42. The van der Waals surface area contributed by atoms with E-state index in [0.717, 1.165) is 28.8 Å². The minimum absolute atomic E-state index is 0.0701. The lowest BCUT2D eigenvalue weighted by atomic mass is 10.1. The van der Waals surface area contributed by atoms with Crippen LogP contribution >= 0.6 is 0 Å². The van der Waals surface area contributed by atoms with E-state index in [9.17, 15) is 22.8 Å². The number of hydrogen-bond acceptors (Lipinski definition) is 2. The second-order valence-corrected chi connectivity index (χ2v) is 4.81.